The van der Waals surface area contributed by atoms with Gasteiger partial charge in [-0.25, -0.2) is 9.98 Å². The Labute approximate surface area is 161 Å². The molecule has 4 rings (SSSR count). The second-order valence-corrected chi connectivity index (χ2v) is 6.73. The van der Waals surface area contributed by atoms with Gasteiger partial charge in [-0.05, 0) is 29.3 Å². The summed E-state index contributed by atoms with van der Waals surface area (Å²) in [7, 11) is 1.63. The molecule has 1 aliphatic rings. The standard InChI is InChI=1S/C20H15Cl2N3O/c1-26-16-9-5-4-8-15(16)20(12-10-17(21)24-18(22)11-12)14-7-3-2-6-13(14)19(23)25-20/h2-11H,1H3,(H2,23,25). The zero-order valence-corrected chi connectivity index (χ0v) is 15.4. The van der Waals surface area contributed by atoms with Crippen LogP contribution in [0.3, 0.4) is 0 Å². The number of para-hydroxylation sites is 1. The molecule has 0 spiro atoms. The van der Waals surface area contributed by atoms with E-state index in [1.54, 1.807) is 19.2 Å². The summed E-state index contributed by atoms with van der Waals surface area (Å²) in [6, 6.07) is 19.1. The van der Waals surface area contributed by atoms with Gasteiger partial charge in [-0.2, -0.15) is 0 Å². The zero-order valence-electron chi connectivity index (χ0n) is 13.9. The Kier molecular flexibility index (Phi) is 4.10. The van der Waals surface area contributed by atoms with Crippen molar-refractivity contribution >= 4 is 29.0 Å². The Balaban J connectivity index is 2.13. The Morgan fingerprint density at radius 2 is 1.54 bits per heavy atom. The van der Waals surface area contributed by atoms with E-state index in [1.807, 2.05) is 48.5 Å². The van der Waals surface area contributed by atoms with Gasteiger partial charge in [0.1, 0.15) is 27.4 Å². The van der Waals surface area contributed by atoms with Crippen molar-refractivity contribution in [1.82, 2.24) is 4.98 Å². The van der Waals surface area contributed by atoms with Crippen molar-refractivity contribution in [1.29, 1.82) is 0 Å². The van der Waals surface area contributed by atoms with Gasteiger partial charge >= 0.3 is 0 Å². The minimum Gasteiger partial charge on any atom is -0.496 e. The fourth-order valence-electron chi connectivity index (χ4n) is 3.52. The quantitative estimate of drug-likeness (QED) is 0.681. The summed E-state index contributed by atoms with van der Waals surface area (Å²) >= 11 is 12.4. The van der Waals surface area contributed by atoms with Crippen molar-refractivity contribution in [3.63, 3.8) is 0 Å². The third-order valence-electron chi connectivity index (χ3n) is 4.56. The molecule has 130 valence electrons. The molecule has 2 N–H and O–H groups in total. The van der Waals surface area contributed by atoms with Gasteiger partial charge in [-0.1, -0.05) is 65.7 Å². The predicted molar refractivity (Wildman–Crippen MR) is 104 cm³/mol. The van der Waals surface area contributed by atoms with Crippen LogP contribution in [0.1, 0.15) is 22.3 Å². The number of aromatic nitrogens is 1. The number of amidine groups is 1. The average molecular weight is 384 g/mol. The Morgan fingerprint density at radius 1 is 0.923 bits per heavy atom. The second-order valence-electron chi connectivity index (χ2n) is 5.95. The number of ether oxygens (including phenoxy) is 1. The van der Waals surface area contributed by atoms with E-state index in [0.717, 1.165) is 22.3 Å². The minimum atomic E-state index is -0.913. The lowest BCUT2D eigenvalue weighted by molar-refractivity contribution is 0.402. The molecule has 0 fully saturated rings. The number of nitrogens with two attached hydrogens (primary N) is 1. The number of aliphatic imine (C=N–C) groups is 1. The normalized spacial score (nSPS) is 18.3. The second kappa shape index (κ2) is 6.31. The first-order valence-corrected chi connectivity index (χ1v) is 8.74. The SMILES string of the molecule is COc1ccccc1C1(c2cc(Cl)nc(Cl)c2)N=C(N)c2ccccc21. The molecule has 0 radical (unpaired) electrons. The first-order chi connectivity index (χ1) is 12.6. The van der Waals surface area contributed by atoms with Crippen LogP contribution in [0.15, 0.2) is 65.7 Å². The number of halogens is 2. The van der Waals surface area contributed by atoms with Gasteiger partial charge in [-0.3, -0.25) is 0 Å². The minimum absolute atomic E-state index is 0.292. The van der Waals surface area contributed by atoms with Crippen LogP contribution in [0, 0.1) is 0 Å². The molecular formula is C20H15Cl2N3O. The van der Waals surface area contributed by atoms with E-state index in [4.69, 9.17) is 38.7 Å². The number of rotatable bonds is 3. The van der Waals surface area contributed by atoms with Gasteiger partial charge in [0.05, 0.1) is 7.11 Å². The largest absolute Gasteiger partial charge is 0.496 e. The topological polar surface area (TPSA) is 60.5 Å². The van der Waals surface area contributed by atoms with Crippen LogP contribution >= 0.6 is 23.2 Å². The molecule has 1 atom stereocenters. The Morgan fingerprint density at radius 3 is 2.23 bits per heavy atom. The van der Waals surface area contributed by atoms with Crippen LogP contribution < -0.4 is 10.5 Å². The van der Waals surface area contributed by atoms with Crippen LogP contribution in [0.25, 0.3) is 0 Å². The number of nitrogens with zero attached hydrogens (tertiary/aromatic N) is 2. The van der Waals surface area contributed by atoms with Crippen molar-refractivity contribution in [3.8, 4) is 5.75 Å². The molecule has 4 nitrogen and oxygen atoms in total. The fourth-order valence-corrected chi connectivity index (χ4v) is 3.98. The van der Waals surface area contributed by atoms with E-state index >= 15 is 0 Å². The van der Waals surface area contributed by atoms with Gasteiger partial charge in [0.15, 0.2) is 0 Å². The van der Waals surface area contributed by atoms with E-state index < -0.39 is 5.54 Å². The highest BCUT2D eigenvalue weighted by Crippen LogP contribution is 2.49. The van der Waals surface area contributed by atoms with Crippen molar-refractivity contribution in [3.05, 3.63) is 93.2 Å². The summed E-state index contributed by atoms with van der Waals surface area (Å²) in [5.74, 6) is 1.15. The molecule has 0 aliphatic carbocycles. The highest BCUT2D eigenvalue weighted by atomic mass is 35.5. The van der Waals surface area contributed by atoms with E-state index in [0.29, 0.717) is 21.9 Å². The molecule has 0 bridgehead atoms. The number of hydrogen-bond donors (Lipinski definition) is 1. The molecule has 0 saturated carbocycles. The van der Waals surface area contributed by atoms with E-state index in [1.165, 1.54) is 0 Å². The van der Waals surface area contributed by atoms with Crippen molar-refractivity contribution in [2.75, 3.05) is 7.11 Å². The molecule has 0 saturated heterocycles. The monoisotopic (exact) mass is 383 g/mol. The molecule has 0 amide bonds. The molecule has 1 aliphatic heterocycles. The lowest BCUT2D eigenvalue weighted by atomic mass is 9.77. The summed E-state index contributed by atoms with van der Waals surface area (Å²) in [4.78, 5) is 8.96. The van der Waals surface area contributed by atoms with Gasteiger partial charge in [0.25, 0.3) is 0 Å². The lowest BCUT2D eigenvalue weighted by Gasteiger charge is -2.30. The van der Waals surface area contributed by atoms with Crippen molar-refractivity contribution in [2.24, 2.45) is 10.7 Å². The van der Waals surface area contributed by atoms with Crippen LogP contribution in [-0.2, 0) is 5.54 Å². The summed E-state index contributed by atoms with van der Waals surface area (Å²) in [6.07, 6.45) is 0. The molecule has 2 aromatic carbocycles. The lowest BCUT2D eigenvalue weighted by Crippen LogP contribution is -2.26. The molecule has 3 aromatic rings. The van der Waals surface area contributed by atoms with Gasteiger partial charge in [0, 0.05) is 11.1 Å². The van der Waals surface area contributed by atoms with Crippen LogP contribution in [0.2, 0.25) is 10.3 Å². The number of methoxy groups -OCH3 is 1. The number of pyridine rings is 1. The summed E-state index contributed by atoms with van der Waals surface area (Å²) in [6.45, 7) is 0. The molecule has 1 aromatic heterocycles. The predicted octanol–water partition coefficient (Wildman–Crippen LogP) is 4.41. The third kappa shape index (κ3) is 2.45. The summed E-state index contributed by atoms with van der Waals surface area (Å²) in [5, 5.41) is 0.583. The van der Waals surface area contributed by atoms with Crippen LogP contribution in [-0.4, -0.2) is 17.9 Å². The maximum atomic E-state index is 6.29. The highest BCUT2D eigenvalue weighted by molar-refractivity contribution is 6.32. The smallest absolute Gasteiger partial charge is 0.142 e. The molecule has 2 heterocycles. The number of fused-ring (bicyclic) bond motifs is 1. The maximum absolute atomic E-state index is 6.29. The zero-order chi connectivity index (χ0) is 18.3. The van der Waals surface area contributed by atoms with Gasteiger partial charge in [-0.15, -0.1) is 0 Å². The third-order valence-corrected chi connectivity index (χ3v) is 4.95. The van der Waals surface area contributed by atoms with E-state index in [-0.39, 0.29) is 0 Å². The molecule has 6 heteroatoms. The summed E-state index contributed by atoms with van der Waals surface area (Å²) < 4.78 is 5.62. The average Bonchev–Trinajstić information content (AvgIpc) is 2.95. The molecule has 1 unspecified atom stereocenters. The van der Waals surface area contributed by atoms with Gasteiger partial charge < -0.3 is 10.5 Å². The summed E-state index contributed by atoms with van der Waals surface area (Å²) in [5.41, 5.74) is 8.83. The van der Waals surface area contributed by atoms with Gasteiger partial charge in [0.2, 0.25) is 0 Å². The fraction of sp³-hybridized carbons (Fsp3) is 0.100. The number of benzene rings is 2. The maximum Gasteiger partial charge on any atom is 0.142 e. The Bertz CT molecular complexity index is 1010. The van der Waals surface area contributed by atoms with Crippen LogP contribution in [0.5, 0.6) is 5.75 Å². The Hall–Kier alpha value is -2.56. The van der Waals surface area contributed by atoms with E-state index in [2.05, 4.69) is 4.98 Å². The highest BCUT2D eigenvalue weighted by Gasteiger charge is 2.44. The number of hydrogen-bond acceptors (Lipinski definition) is 4. The molecular weight excluding hydrogens is 369 g/mol. The van der Waals surface area contributed by atoms with E-state index in [9.17, 15) is 0 Å². The first-order valence-electron chi connectivity index (χ1n) is 7.98. The van der Waals surface area contributed by atoms with Crippen molar-refractivity contribution < 1.29 is 4.74 Å². The van der Waals surface area contributed by atoms with Crippen LogP contribution in [0.4, 0.5) is 0 Å². The first kappa shape index (κ1) is 16.9. The molecule has 26 heavy (non-hydrogen) atoms. The van der Waals surface area contributed by atoms with Crippen molar-refractivity contribution in [2.45, 2.75) is 5.54 Å².